The first-order chi connectivity index (χ1) is 17.8. The fourth-order valence-corrected chi connectivity index (χ4v) is 9.17. The van der Waals surface area contributed by atoms with E-state index in [9.17, 15) is 19.8 Å². The molecule has 7 heteroatoms. The summed E-state index contributed by atoms with van der Waals surface area (Å²) in [6, 6.07) is 0. The fourth-order valence-electron chi connectivity index (χ4n) is 9.17. The first kappa shape index (κ1) is 30.9. The van der Waals surface area contributed by atoms with Crippen LogP contribution in [0.3, 0.4) is 0 Å². The van der Waals surface area contributed by atoms with E-state index < -0.39 is 28.5 Å². The molecule has 2 heterocycles. The summed E-state index contributed by atoms with van der Waals surface area (Å²) >= 11 is 0. The number of ether oxygens (including phenoxy) is 3. The molecule has 224 valence electrons. The smallest absolute Gasteiger partial charge is 0.303 e. The van der Waals surface area contributed by atoms with Crippen LogP contribution in [0, 0.1) is 22.7 Å². The number of aliphatic hydroxyl groups excluding tert-OH is 1. The Morgan fingerprint density at radius 2 is 1.41 bits per heavy atom. The Kier molecular flexibility index (Phi) is 7.98. The zero-order valence-electron chi connectivity index (χ0n) is 25.9. The number of Topliss-reactive ketones (excluding diaryl/α,β-unsaturated/α-hetero) is 1. The van der Waals surface area contributed by atoms with Gasteiger partial charge in [0.2, 0.25) is 0 Å². The van der Waals surface area contributed by atoms with Gasteiger partial charge in [-0.1, -0.05) is 13.8 Å². The zero-order chi connectivity index (χ0) is 29.2. The van der Waals surface area contributed by atoms with Gasteiger partial charge in [-0.2, -0.15) is 0 Å². The van der Waals surface area contributed by atoms with Gasteiger partial charge in [0.1, 0.15) is 11.2 Å². The van der Waals surface area contributed by atoms with E-state index in [0.29, 0.717) is 32.1 Å². The van der Waals surface area contributed by atoms with Gasteiger partial charge < -0.3 is 24.4 Å². The average Bonchev–Trinajstić information content (AvgIpc) is 2.95. The van der Waals surface area contributed by atoms with E-state index in [0.717, 1.165) is 32.1 Å². The van der Waals surface area contributed by atoms with Gasteiger partial charge in [-0.3, -0.25) is 9.59 Å². The molecule has 7 nitrogen and oxygen atoms in total. The molecule has 0 aromatic heterocycles. The molecule has 0 amide bonds. The summed E-state index contributed by atoms with van der Waals surface area (Å²) in [5.74, 6) is -0.267. The minimum absolute atomic E-state index is 0.0390. The summed E-state index contributed by atoms with van der Waals surface area (Å²) < 4.78 is 19.3. The molecule has 2 N–H and O–H groups in total. The van der Waals surface area contributed by atoms with E-state index in [1.807, 2.05) is 34.6 Å². The number of hydrogen-bond acceptors (Lipinski definition) is 7. The van der Waals surface area contributed by atoms with Crippen molar-refractivity contribution in [2.24, 2.45) is 22.7 Å². The lowest BCUT2D eigenvalue weighted by molar-refractivity contribution is -0.220. The maximum absolute atomic E-state index is 13.0. The van der Waals surface area contributed by atoms with Crippen molar-refractivity contribution in [2.45, 2.75) is 167 Å². The van der Waals surface area contributed by atoms with Gasteiger partial charge in [-0.25, -0.2) is 0 Å². The average molecular weight is 551 g/mol. The van der Waals surface area contributed by atoms with Crippen LogP contribution in [-0.2, 0) is 23.8 Å². The highest BCUT2D eigenvalue weighted by atomic mass is 16.6. The third-order valence-corrected chi connectivity index (χ3v) is 11.7. The lowest BCUT2D eigenvalue weighted by Gasteiger charge is -2.57. The maximum atomic E-state index is 13.0. The third kappa shape index (κ3) is 5.47. The normalized spacial score (nSPS) is 47.8. The quantitative estimate of drug-likeness (QED) is 0.445. The number of fused-ring (bicyclic) bond motifs is 2. The van der Waals surface area contributed by atoms with E-state index in [1.54, 1.807) is 0 Å². The molecule has 9 atom stereocenters. The molecule has 0 aromatic carbocycles. The van der Waals surface area contributed by atoms with Crippen LogP contribution in [0.5, 0.6) is 0 Å². The van der Waals surface area contributed by atoms with Crippen LogP contribution in [0.15, 0.2) is 0 Å². The molecule has 9 unspecified atom stereocenters. The minimum Gasteiger partial charge on any atom is -0.459 e. The number of hydrogen-bond donors (Lipinski definition) is 2. The Bertz CT molecular complexity index is 956. The molecule has 0 bridgehead atoms. The molecule has 39 heavy (non-hydrogen) atoms. The lowest BCUT2D eigenvalue weighted by atomic mass is 9.53. The topological polar surface area (TPSA) is 102 Å². The Balaban J connectivity index is 1.69. The molecule has 2 saturated carbocycles. The van der Waals surface area contributed by atoms with E-state index in [2.05, 4.69) is 20.8 Å². The van der Waals surface area contributed by atoms with Crippen LogP contribution < -0.4 is 0 Å². The molecule has 4 rings (SSSR count). The number of carbonyl (C=O) groups excluding carboxylic acids is 2. The minimum atomic E-state index is -0.876. The maximum Gasteiger partial charge on any atom is 0.303 e. The largest absolute Gasteiger partial charge is 0.459 e. The van der Waals surface area contributed by atoms with E-state index in [1.165, 1.54) is 6.92 Å². The van der Waals surface area contributed by atoms with Gasteiger partial charge in [-0.15, -0.1) is 0 Å². The van der Waals surface area contributed by atoms with E-state index in [4.69, 9.17) is 14.2 Å². The number of ketones is 1. The van der Waals surface area contributed by atoms with Crippen LogP contribution in [0.4, 0.5) is 0 Å². The van der Waals surface area contributed by atoms with Gasteiger partial charge in [0.25, 0.3) is 0 Å². The van der Waals surface area contributed by atoms with Gasteiger partial charge in [0, 0.05) is 24.7 Å². The predicted octanol–water partition coefficient (Wildman–Crippen LogP) is 5.52. The molecule has 0 radical (unpaired) electrons. The van der Waals surface area contributed by atoms with Crippen molar-refractivity contribution < 1.29 is 34.0 Å². The highest BCUT2D eigenvalue weighted by molar-refractivity contribution is 5.86. The molecule has 4 aliphatic rings. The van der Waals surface area contributed by atoms with Crippen LogP contribution in [0.1, 0.15) is 127 Å². The predicted molar refractivity (Wildman–Crippen MR) is 149 cm³/mol. The van der Waals surface area contributed by atoms with Gasteiger partial charge in [0.15, 0.2) is 5.78 Å². The third-order valence-electron chi connectivity index (χ3n) is 11.7. The zero-order valence-corrected chi connectivity index (χ0v) is 25.9. The van der Waals surface area contributed by atoms with Crippen molar-refractivity contribution in [1.82, 2.24) is 0 Å². The first-order valence-electron chi connectivity index (χ1n) is 15.3. The van der Waals surface area contributed by atoms with Crippen molar-refractivity contribution >= 4 is 11.8 Å². The lowest BCUT2D eigenvalue weighted by Crippen LogP contribution is -2.59. The highest BCUT2D eigenvalue weighted by Crippen LogP contribution is 2.59. The van der Waals surface area contributed by atoms with E-state index >= 15 is 0 Å². The number of carbonyl (C=O) groups is 2. The number of esters is 1. The summed E-state index contributed by atoms with van der Waals surface area (Å²) in [4.78, 5) is 25.3. The van der Waals surface area contributed by atoms with Crippen LogP contribution >= 0.6 is 0 Å². The highest BCUT2D eigenvalue weighted by Gasteiger charge is 2.60. The van der Waals surface area contributed by atoms with Crippen molar-refractivity contribution in [3.05, 3.63) is 0 Å². The van der Waals surface area contributed by atoms with Crippen molar-refractivity contribution in [2.75, 3.05) is 0 Å². The molecule has 0 spiro atoms. The summed E-state index contributed by atoms with van der Waals surface area (Å²) in [5.41, 5.74) is -3.69. The first-order valence-corrected chi connectivity index (χ1v) is 15.3. The van der Waals surface area contributed by atoms with Gasteiger partial charge in [-0.05, 0) is 111 Å². The summed E-state index contributed by atoms with van der Waals surface area (Å²) in [5, 5.41) is 22.7. The van der Waals surface area contributed by atoms with Gasteiger partial charge in [0.05, 0.1) is 29.5 Å². The Hall–Kier alpha value is -1.02. The number of rotatable bonds is 4. The van der Waals surface area contributed by atoms with Crippen molar-refractivity contribution in [1.29, 1.82) is 0 Å². The van der Waals surface area contributed by atoms with Gasteiger partial charge >= 0.3 is 5.97 Å². The summed E-state index contributed by atoms with van der Waals surface area (Å²) in [6.45, 7) is 17.6. The standard InChI is InChI=1S/C32H54O7/c1-20(33)37-32(9)19-15-26-30(7,17-13-24(35)28(4,5)39-26)22(32)11-10-21-29(6)16-12-23(34)27(2,3)38-25(29)14-18-31(21,8)36/h21-23,25-26,34,36H,10-19H2,1-9H3. The molecule has 2 aliphatic carbocycles. The molecule has 2 aliphatic heterocycles. The number of aliphatic hydroxyl groups is 2. The van der Waals surface area contributed by atoms with E-state index in [-0.39, 0.29) is 46.6 Å². The Morgan fingerprint density at radius 3 is 2.05 bits per heavy atom. The summed E-state index contributed by atoms with van der Waals surface area (Å²) in [7, 11) is 0. The Labute approximate surface area is 235 Å². The van der Waals surface area contributed by atoms with Crippen LogP contribution in [0.2, 0.25) is 0 Å². The van der Waals surface area contributed by atoms with Crippen molar-refractivity contribution in [3.63, 3.8) is 0 Å². The molecular formula is C32H54O7. The van der Waals surface area contributed by atoms with Crippen LogP contribution in [0.25, 0.3) is 0 Å². The summed E-state index contributed by atoms with van der Waals surface area (Å²) in [6.07, 6.45) is 6.10. The molecular weight excluding hydrogens is 496 g/mol. The van der Waals surface area contributed by atoms with Crippen molar-refractivity contribution in [3.8, 4) is 0 Å². The molecule has 4 fully saturated rings. The molecule has 0 aromatic rings. The second-order valence-corrected chi connectivity index (χ2v) is 15.3. The SMILES string of the molecule is CC(=O)OC1(C)CCC2OC(C)(C)C(=O)CCC2(C)C1CCC1C(C)(O)CCC2OC(C)(C)C(O)CCC21C. The fraction of sp³-hybridized carbons (Fsp3) is 0.938. The monoisotopic (exact) mass is 550 g/mol. The second-order valence-electron chi connectivity index (χ2n) is 15.3. The van der Waals surface area contributed by atoms with Crippen LogP contribution in [-0.4, -0.2) is 62.7 Å². The molecule has 2 saturated heterocycles. The second kappa shape index (κ2) is 10.1. The Morgan fingerprint density at radius 1 is 0.846 bits per heavy atom.